The largest absolute Gasteiger partial charge is 0.508 e. The summed E-state index contributed by atoms with van der Waals surface area (Å²) in [5, 5.41) is 18.2. The van der Waals surface area contributed by atoms with Crippen LogP contribution in [0.4, 0.5) is 0 Å². The van der Waals surface area contributed by atoms with Gasteiger partial charge >= 0.3 is 11.9 Å². The number of hydrogen-bond acceptors (Lipinski definition) is 5. The van der Waals surface area contributed by atoms with Gasteiger partial charge in [-0.05, 0) is 25.1 Å². The highest BCUT2D eigenvalue weighted by Crippen LogP contribution is 2.24. The molecule has 6 nitrogen and oxygen atoms in total. The summed E-state index contributed by atoms with van der Waals surface area (Å²) < 4.78 is 4.75. The molecule has 0 aliphatic heterocycles. The number of carboxylic acids is 1. The maximum atomic E-state index is 11.4. The first kappa shape index (κ1) is 13.0. The number of carbonyl (C=O) groups excluding carboxylic acids is 1. The molecule has 0 fully saturated rings. The number of aliphatic carboxylic acids is 1. The third kappa shape index (κ3) is 2.94. The van der Waals surface area contributed by atoms with Crippen LogP contribution >= 0.6 is 0 Å². The lowest BCUT2D eigenvalue weighted by molar-refractivity contribution is -0.138. The van der Waals surface area contributed by atoms with E-state index in [1.165, 1.54) is 18.2 Å². The maximum Gasteiger partial charge on any atom is 0.338 e. The van der Waals surface area contributed by atoms with E-state index in [1.807, 2.05) is 0 Å². The number of hydrogen-bond donors (Lipinski definition) is 3. The summed E-state index contributed by atoms with van der Waals surface area (Å²) in [6, 6.07) is 2.38. The Morgan fingerprint density at radius 2 is 2.12 bits per heavy atom. The minimum atomic E-state index is -1.38. The quantitative estimate of drug-likeness (QED) is 0.665. The number of nitrogens with two attached hydrogens (primary N) is 1. The lowest BCUT2D eigenvalue weighted by Gasteiger charge is -2.10. The second-order valence-corrected chi connectivity index (χ2v) is 3.31. The van der Waals surface area contributed by atoms with Gasteiger partial charge in [0, 0.05) is 5.56 Å². The zero-order chi connectivity index (χ0) is 13.0. The predicted octanol–water partition coefficient (Wildman–Crippen LogP) is 0.653. The van der Waals surface area contributed by atoms with Crippen LogP contribution in [0.3, 0.4) is 0 Å². The molecular weight excluding hydrogens is 226 g/mol. The van der Waals surface area contributed by atoms with Crippen molar-refractivity contribution in [2.24, 2.45) is 5.73 Å². The van der Waals surface area contributed by atoms with E-state index in [0.29, 0.717) is 0 Å². The van der Waals surface area contributed by atoms with E-state index in [2.05, 4.69) is 0 Å². The molecule has 0 heterocycles. The van der Waals surface area contributed by atoms with E-state index in [1.54, 1.807) is 6.92 Å². The number of phenols is 1. The number of rotatable bonds is 4. The molecular formula is C11H13NO5. The summed E-state index contributed by atoms with van der Waals surface area (Å²) in [6.45, 7) is 1.86. The molecule has 0 aliphatic rings. The van der Waals surface area contributed by atoms with Crippen LogP contribution in [0.25, 0.3) is 0 Å². The van der Waals surface area contributed by atoms with Crippen molar-refractivity contribution < 1.29 is 24.5 Å². The van der Waals surface area contributed by atoms with Crippen molar-refractivity contribution in [2.45, 2.75) is 13.0 Å². The number of ether oxygens (including phenoxy) is 1. The Bertz CT molecular complexity index is 443. The molecule has 0 amide bonds. The monoisotopic (exact) mass is 239 g/mol. The lowest BCUT2D eigenvalue weighted by Crippen LogP contribution is -2.21. The highest BCUT2D eigenvalue weighted by atomic mass is 16.5. The van der Waals surface area contributed by atoms with Crippen LogP contribution in [0.1, 0.15) is 28.9 Å². The van der Waals surface area contributed by atoms with Gasteiger partial charge in [0.05, 0.1) is 12.2 Å². The van der Waals surface area contributed by atoms with E-state index in [0.717, 1.165) is 0 Å². The molecule has 0 spiro atoms. The molecule has 4 N–H and O–H groups in total. The summed E-state index contributed by atoms with van der Waals surface area (Å²) in [7, 11) is 0. The Morgan fingerprint density at radius 1 is 1.47 bits per heavy atom. The minimum absolute atomic E-state index is 0.0250. The van der Waals surface area contributed by atoms with Gasteiger partial charge in [0.1, 0.15) is 11.8 Å². The van der Waals surface area contributed by atoms with Gasteiger partial charge < -0.3 is 20.7 Å². The molecule has 0 unspecified atom stereocenters. The first-order valence-electron chi connectivity index (χ1n) is 4.95. The van der Waals surface area contributed by atoms with Crippen LogP contribution in [0.15, 0.2) is 18.2 Å². The van der Waals surface area contributed by atoms with Crippen LogP contribution in [0.2, 0.25) is 0 Å². The van der Waals surface area contributed by atoms with Gasteiger partial charge in [-0.3, -0.25) is 4.79 Å². The summed E-state index contributed by atoms with van der Waals surface area (Å²) >= 11 is 0. The summed E-state index contributed by atoms with van der Waals surface area (Å²) in [5.41, 5.74) is 5.49. The molecule has 1 rings (SSSR count). The first-order chi connectivity index (χ1) is 7.97. The summed E-state index contributed by atoms with van der Waals surface area (Å²) in [5.74, 6) is -2.15. The third-order valence-corrected chi connectivity index (χ3v) is 2.14. The van der Waals surface area contributed by atoms with Gasteiger partial charge in [-0.1, -0.05) is 0 Å². The number of carbonyl (C=O) groups is 2. The van der Waals surface area contributed by atoms with Gasteiger partial charge in [0.2, 0.25) is 0 Å². The van der Waals surface area contributed by atoms with Crippen molar-refractivity contribution in [3.05, 3.63) is 29.3 Å². The van der Waals surface area contributed by atoms with Gasteiger partial charge in [-0.25, -0.2) is 4.79 Å². The molecule has 0 aliphatic carbocycles. The highest BCUT2D eigenvalue weighted by Gasteiger charge is 2.20. The Balaban J connectivity index is 3.10. The lowest BCUT2D eigenvalue weighted by atomic mass is 10.0. The topological polar surface area (TPSA) is 110 Å². The van der Waals surface area contributed by atoms with E-state index >= 15 is 0 Å². The Hall–Kier alpha value is -2.08. The second-order valence-electron chi connectivity index (χ2n) is 3.31. The Labute approximate surface area is 97.6 Å². The van der Waals surface area contributed by atoms with Crippen molar-refractivity contribution in [3.8, 4) is 5.75 Å². The van der Waals surface area contributed by atoms with Crippen LogP contribution in [-0.4, -0.2) is 28.8 Å². The van der Waals surface area contributed by atoms with Gasteiger partial charge in [-0.15, -0.1) is 0 Å². The van der Waals surface area contributed by atoms with Crippen molar-refractivity contribution in [1.82, 2.24) is 0 Å². The summed E-state index contributed by atoms with van der Waals surface area (Å²) in [6.07, 6.45) is 0. The second kappa shape index (κ2) is 5.31. The number of carboxylic acid groups (broad SMARTS) is 1. The molecule has 0 saturated heterocycles. The van der Waals surface area contributed by atoms with Gasteiger partial charge in [-0.2, -0.15) is 0 Å². The van der Waals surface area contributed by atoms with Crippen LogP contribution in [0.5, 0.6) is 5.75 Å². The van der Waals surface area contributed by atoms with Gasteiger partial charge in [0.15, 0.2) is 0 Å². The number of aromatic hydroxyl groups is 1. The fourth-order valence-corrected chi connectivity index (χ4v) is 1.28. The molecule has 17 heavy (non-hydrogen) atoms. The predicted molar refractivity (Wildman–Crippen MR) is 58.6 cm³/mol. The molecule has 1 aromatic rings. The van der Waals surface area contributed by atoms with Crippen molar-refractivity contribution in [3.63, 3.8) is 0 Å². The summed E-state index contributed by atoms with van der Waals surface area (Å²) in [4.78, 5) is 22.1. The number of esters is 1. The van der Waals surface area contributed by atoms with Crippen molar-refractivity contribution in [2.75, 3.05) is 6.61 Å². The standard InChI is InChI=1S/C11H13NO5/c1-2-17-11(16)6-3-4-8(13)7(5-6)9(12)10(14)15/h3-5,9,13H,2,12H2,1H3,(H,14,15)/t9-/m0/s1. The first-order valence-corrected chi connectivity index (χ1v) is 4.95. The van der Waals surface area contributed by atoms with Crippen LogP contribution < -0.4 is 5.73 Å². The molecule has 0 radical (unpaired) electrons. The molecule has 0 aromatic heterocycles. The van der Waals surface area contributed by atoms with E-state index in [4.69, 9.17) is 15.6 Å². The Kier molecular flexibility index (Phi) is 4.06. The molecule has 1 aromatic carbocycles. The van der Waals surface area contributed by atoms with E-state index < -0.39 is 18.0 Å². The number of benzene rings is 1. The van der Waals surface area contributed by atoms with Crippen molar-refractivity contribution >= 4 is 11.9 Å². The van der Waals surface area contributed by atoms with Crippen LogP contribution in [-0.2, 0) is 9.53 Å². The third-order valence-electron chi connectivity index (χ3n) is 2.14. The zero-order valence-electron chi connectivity index (χ0n) is 9.21. The van der Waals surface area contributed by atoms with E-state index in [9.17, 15) is 14.7 Å². The number of phenolic OH excluding ortho intramolecular Hbond substituents is 1. The van der Waals surface area contributed by atoms with E-state index in [-0.39, 0.29) is 23.5 Å². The molecule has 92 valence electrons. The average Bonchev–Trinajstić information content (AvgIpc) is 2.28. The molecule has 6 heteroatoms. The average molecular weight is 239 g/mol. The SMILES string of the molecule is CCOC(=O)c1ccc(O)c([C@H](N)C(=O)O)c1. The fourth-order valence-electron chi connectivity index (χ4n) is 1.28. The normalized spacial score (nSPS) is 11.9. The Morgan fingerprint density at radius 3 is 2.65 bits per heavy atom. The molecule has 1 atom stereocenters. The van der Waals surface area contributed by atoms with Gasteiger partial charge in [0.25, 0.3) is 0 Å². The van der Waals surface area contributed by atoms with Crippen LogP contribution in [0, 0.1) is 0 Å². The maximum absolute atomic E-state index is 11.4. The molecule has 0 bridgehead atoms. The minimum Gasteiger partial charge on any atom is -0.508 e. The smallest absolute Gasteiger partial charge is 0.338 e. The fraction of sp³-hybridized carbons (Fsp3) is 0.273. The van der Waals surface area contributed by atoms with Crippen molar-refractivity contribution in [1.29, 1.82) is 0 Å². The molecule has 0 saturated carbocycles. The zero-order valence-corrected chi connectivity index (χ0v) is 9.21. The highest BCUT2D eigenvalue weighted by molar-refractivity contribution is 5.90.